The lowest BCUT2D eigenvalue weighted by Gasteiger charge is -2.19. The van der Waals surface area contributed by atoms with Gasteiger partial charge in [-0.15, -0.1) is 0 Å². The van der Waals surface area contributed by atoms with Crippen LogP contribution < -0.4 is 15.0 Å². The maximum atomic E-state index is 13.7. The second-order valence-electron chi connectivity index (χ2n) is 9.95. The number of nitrogens with one attached hydrogen (secondary N) is 1. The average Bonchev–Trinajstić information content (AvgIpc) is 3.03. The van der Waals surface area contributed by atoms with Crippen molar-refractivity contribution < 1.29 is 14.3 Å². The quantitative estimate of drug-likeness (QED) is 0.426. The molecule has 0 radical (unpaired) electrons. The minimum absolute atomic E-state index is 0.0181. The van der Waals surface area contributed by atoms with Crippen molar-refractivity contribution >= 4 is 28.8 Å². The van der Waals surface area contributed by atoms with E-state index in [0.717, 1.165) is 16.8 Å². The summed E-state index contributed by atoms with van der Waals surface area (Å²) in [5.74, 6) is -0.00572. The summed E-state index contributed by atoms with van der Waals surface area (Å²) in [6.45, 7) is 12.9. The molecule has 3 aromatic carbocycles. The van der Waals surface area contributed by atoms with Crippen molar-refractivity contribution in [3.63, 3.8) is 0 Å². The molecule has 0 saturated carbocycles. The predicted molar refractivity (Wildman–Crippen MR) is 142 cm³/mol. The second-order valence-corrected chi connectivity index (χ2v) is 9.95. The number of carbonyl (C=O) groups is 2. The highest BCUT2D eigenvalue weighted by molar-refractivity contribution is 6.46. The number of anilines is 2. The molecule has 0 aliphatic carbocycles. The molecule has 0 saturated heterocycles. The number of imide groups is 1. The van der Waals surface area contributed by atoms with Crippen LogP contribution in [0.25, 0.3) is 5.57 Å². The van der Waals surface area contributed by atoms with E-state index in [2.05, 4.69) is 26.1 Å². The number of amides is 2. The normalized spacial score (nSPS) is 14.1. The largest absolute Gasteiger partial charge is 0.494 e. The monoisotopic (exact) mass is 468 g/mol. The molecule has 0 spiro atoms. The first-order valence-corrected chi connectivity index (χ1v) is 11.9. The van der Waals surface area contributed by atoms with Gasteiger partial charge in [-0.3, -0.25) is 9.59 Å². The van der Waals surface area contributed by atoms with E-state index < -0.39 is 0 Å². The molecule has 1 heterocycles. The van der Waals surface area contributed by atoms with E-state index in [-0.39, 0.29) is 22.9 Å². The highest BCUT2D eigenvalue weighted by Crippen LogP contribution is 2.35. The van der Waals surface area contributed by atoms with Crippen molar-refractivity contribution in [1.29, 1.82) is 0 Å². The van der Waals surface area contributed by atoms with Crippen molar-refractivity contribution in [3.05, 3.63) is 94.7 Å². The van der Waals surface area contributed by atoms with Gasteiger partial charge in [-0.1, -0.05) is 51.1 Å². The Bertz CT molecular complexity index is 1280. The van der Waals surface area contributed by atoms with Gasteiger partial charge in [0.1, 0.15) is 11.4 Å². The standard InChI is InChI=1S/C30H32N2O3/c1-7-35-25-14-8-21(9-15-25)26-27(31-23-12-10-22(11-13-23)30(4,5)6)29(34)32(28(26)33)24-17-19(2)16-20(3)18-24/h8-18,31H,7H2,1-6H3. The van der Waals surface area contributed by atoms with Crippen LogP contribution >= 0.6 is 0 Å². The number of carbonyl (C=O) groups excluding carboxylic acids is 2. The average molecular weight is 469 g/mol. The molecular weight excluding hydrogens is 436 g/mol. The van der Waals surface area contributed by atoms with Gasteiger partial charge in [-0.2, -0.15) is 0 Å². The van der Waals surface area contributed by atoms with Gasteiger partial charge < -0.3 is 10.1 Å². The van der Waals surface area contributed by atoms with Gasteiger partial charge in [0.05, 0.1) is 17.9 Å². The fourth-order valence-electron chi connectivity index (χ4n) is 4.31. The summed E-state index contributed by atoms with van der Waals surface area (Å²) in [7, 11) is 0. The zero-order chi connectivity index (χ0) is 25.3. The van der Waals surface area contributed by atoms with Crippen LogP contribution in [-0.4, -0.2) is 18.4 Å². The minimum atomic E-state index is -0.371. The summed E-state index contributed by atoms with van der Waals surface area (Å²) in [5, 5.41) is 3.25. The summed E-state index contributed by atoms with van der Waals surface area (Å²) in [6.07, 6.45) is 0. The van der Waals surface area contributed by atoms with E-state index in [4.69, 9.17) is 4.74 Å². The van der Waals surface area contributed by atoms with Gasteiger partial charge in [0.25, 0.3) is 11.8 Å². The number of ether oxygens (including phenoxy) is 1. The van der Waals surface area contributed by atoms with Gasteiger partial charge in [0, 0.05) is 5.69 Å². The summed E-state index contributed by atoms with van der Waals surface area (Å²) in [6, 6.07) is 21.0. The number of rotatable bonds is 6. The molecule has 1 N–H and O–H groups in total. The van der Waals surface area contributed by atoms with Crippen LogP contribution in [0.15, 0.2) is 72.4 Å². The molecule has 35 heavy (non-hydrogen) atoms. The molecule has 5 heteroatoms. The van der Waals surface area contributed by atoms with Gasteiger partial charge in [0.15, 0.2) is 0 Å². The van der Waals surface area contributed by atoms with E-state index in [1.54, 1.807) is 0 Å². The molecule has 2 amide bonds. The Labute approximate surface area is 207 Å². The number of benzene rings is 3. The van der Waals surface area contributed by atoms with Crippen molar-refractivity contribution in [3.8, 4) is 5.75 Å². The Kier molecular flexibility index (Phi) is 6.53. The van der Waals surface area contributed by atoms with Crippen molar-refractivity contribution in [2.24, 2.45) is 0 Å². The Morgan fingerprint density at radius 3 is 1.97 bits per heavy atom. The molecule has 0 aromatic heterocycles. The SMILES string of the molecule is CCOc1ccc(C2=C(Nc3ccc(C(C)(C)C)cc3)C(=O)N(c3cc(C)cc(C)c3)C2=O)cc1. The lowest BCUT2D eigenvalue weighted by Crippen LogP contribution is -2.32. The number of nitrogens with zero attached hydrogens (tertiary/aromatic N) is 1. The highest BCUT2D eigenvalue weighted by Gasteiger charge is 2.40. The lowest BCUT2D eigenvalue weighted by atomic mass is 9.87. The second kappa shape index (κ2) is 9.41. The van der Waals surface area contributed by atoms with Crippen LogP contribution in [-0.2, 0) is 15.0 Å². The molecular formula is C30H32N2O3. The maximum absolute atomic E-state index is 13.7. The Balaban J connectivity index is 1.78. The molecule has 0 fully saturated rings. The van der Waals surface area contributed by atoms with Crippen molar-refractivity contribution in [2.75, 3.05) is 16.8 Å². The van der Waals surface area contributed by atoms with Crippen molar-refractivity contribution in [2.45, 2.75) is 47.0 Å². The first kappa shape index (κ1) is 24.3. The third-order valence-corrected chi connectivity index (χ3v) is 6.02. The molecule has 4 rings (SSSR count). The van der Waals surface area contributed by atoms with Crippen LogP contribution in [0.2, 0.25) is 0 Å². The van der Waals surface area contributed by atoms with E-state index in [0.29, 0.717) is 29.2 Å². The third kappa shape index (κ3) is 4.99. The van der Waals surface area contributed by atoms with Gasteiger partial charge >= 0.3 is 0 Å². The fraction of sp³-hybridized carbons (Fsp3) is 0.267. The van der Waals surface area contributed by atoms with Gasteiger partial charge in [-0.05, 0) is 84.8 Å². The van der Waals surface area contributed by atoms with Crippen molar-refractivity contribution in [1.82, 2.24) is 0 Å². The number of hydrogen-bond donors (Lipinski definition) is 1. The molecule has 1 aliphatic heterocycles. The lowest BCUT2D eigenvalue weighted by molar-refractivity contribution is -0.120. The van der Waals surface area contributed by atoms with E-state index in [9.17, 15) is 9.59 Å². The molecule has 3 aromatic rings. The highest BCUT2D eigenvalue weighted by atomic mass is 16.5. The van der Waals surface area contributed by atoms with Crippen LogP contribution in [0, 0.1) is 13.8 Å². The first-order valence-electron chi connectivity index (χ1n) is 11.9. The van der Waals surface area contributed by atoms with Gasteiger partial charge in [-0.25, -0.2) is 4.90 Å². The minimum Gasteiger partial charge on any atom is -0.494 e. The zero-order valence-corrected chi connectivity index (χ0v) is 21.2. The smallest absolute Gasteiger partial charge is 0.282 e. The van der Waals surface area contributed by atoms with Crippen LogP contribution in [0.1, 0.15) is 49.9 Å². The van der Waals surface area contributed by atoms with Gasteiger partial charge in [0.2, 0.25) is 0 Å². The molecule has 5 nitrogen and oxygen atoms in total. The summed E-state index contributed by atoms with van der Waals surface area (Å²) >= 11 is 0. The van der Waals surface area contributed by atoms with Crippen LogP contribution in [0.3, 0.4) is 0 Å². The Hall–Kier alpha value is -3.86. The maximum Gasteiger partial charge on any atom is 0.282 e. The predicted octanol–water partition coefficient (Wildman–Crippen LogP) is 6.40. The van der Waals surface area contributed by atoms with Crippen LogP contribution in [0.4, 0.5) is 11.4 Å². The molecule has 0 atom stereocenters. The zero-order valence-electron chi connectivity index (χ0n) is 21.2. The topological polar surface area (TPSA) is 58.6 Å². The van der Waals surface area contributed by atoms with Crippen LogP contribution in [0.5, 0.6) is 5.75 Å². The molecule has 0 unspecified atom stereocenters. The fourth-order valence-corrected chi connectivity index (χ4v) is 4.31. The van der Waals surface area contributed by atoms with E-state index in [1.807, 2.05) is 87.5 Å². The molecule has 1 aliphatic rings. The Morgan fingerprint density at radius 1 is 0.829 bits per heavy atom. The van der Waals surface area contributed by atoms with E-state index in [1.165, 1.54) is 10.5 Å². The summed E-state index contributed by atoms with van der Waals surface area (Å²) in [4.78, 5) is 28.7. The Morgan fingerprint density at radius 2 is 1.43 bits per heavy atom. The number of aryl methyl sites for hydroxylation is 2. The molecule has 180 valence electrons. The first-order chi connectivity index (χ1) is 16.6. The molecule has 0 bridgehead atoms. The van der Waals surface area contributed by atoms with E-state index >= 15 is 0 Å². The summed E-state index contributed by atoms with van der Waals surface area (Å²) in [5.41, 5.74) is 5.77. The summed E-state index contributed by atoms with van der Waals surface area (Å²) < 4.78 is 5.56. The third-order valence-electron chi connectivity index (χ3n) is 6.02. The number of hydrogen-bond acceptors (Lipinski definition) is 4.